The van der Waals surface area contributed by atoms with Crippen LogP contribution in [0.3, 0.4) is 0 Å². The van der Waals surface area contributed by atoms with E-state index in [1.807, 2.05) is 0 Å². The predicted octanol–water partition coefficient (Wildman–Crippen LogP) is 2.97. The van der Waals surface area contributed by atoms with Gasteiger partial charge in [-0.1, -0.05) is 12.1 Å². The van der Waals surface area contributed by atoms with E-state index in [4.69, 9.17) is 4.74 Å². The zero-order valence-electron chi connectivity index (χ0n) is 13.4. The van der Waals surface area contributed by atoms with Crippen molar-refractivity contribution in [3.8, 4) is 5.75 Å². The molecule has 1 aliphatic rings. The summed E-state index contributed by atoms with van der Waals surface area (Å²) in [5.41, 5.74) is 0.147. The number of ether oxygens (including phenoxy) is 1. The Bertz CT molecular complexity index is 727. The van der Waals surface area contributed by atoms with Gasteiger partial charge in [-0.3, -0.25) is 9.48 Å². The largest absolute Gasteiger partial charge is 0.487 e. The lowest BCUT2D eigenvalue weighted by atomic mass is 10.1. The first-order chi connectivity index (χ1) is 12.0. The van der Waals surface area contributed by atoms with E-state index in [-0.39, 0.29) is 23.5 Å². The minimum Gasteiger partial charge on any atom is -0.487 e. The zero-order valence-corrected chi connectivity index (χ0v) is 13.4. The van der Waals surface area contributed by atoms with Crippen LogP contribution in [0.2, 0.25) is 0 Å². The first-order valence-electron chi connectivity index (χ1n) is 8.05. The summed E-state index contributed by atoms with van der Waals surface area (Å²) >= 11 is 0. The van der Waals surface area contributed by atoms with Crippen LogP contribution >= 0.6 is 0 Å². The van der Waals surface area contributed by atoms with Crippen molar-refractivity contribution in [3.63, 3.8) is 0 Å². The number of benzene rings is 1. The van der Waals surface area contributed by atoms with Crippen molar-refractivity contribution in [2.75, 3.05) is 13.1 Å². The molecule has 0 unspecified atom stereocenters. The SMILES string of the molecule is O=C(c1ccnn1CC(F)F)N1CCC(Oc2ccccc2F)CC1. The fraction of sp³-hybridized carbons (Fsp3) is 0.412. The number of amides is 1. The van der Waals surface area contributed by atoms with Crippen LogP contribution in [0.4, 0.5) is 13.2 Å². The smallest absolute Gasteiger partial charge is 0.272 e. The standard InChI is InChI=1S/C17H18F3N3O2/c18-13-3-1-2-4-15(13)25-12-6-9-22(10-7-12)17(24)14-5-8-21-23(14)11-16(19)20/h1-5,8,12,16H,6-7,9-11H2. The Morgan fingerprint density at radius 3 is 2.64 bits per heavy atom. The Hall–Kier alpha value is -2.51. The summed E-state index contributed by atoms with van der Waals surface area (Å²) in [6.45, 7) is 0.219. The van der Waals surface area contributed by atoms with Gasteiger partial charge in [0.1, 0.15) is 18.3 Å². The summed E-state index contributed by atoms with van der Waals surface area (Å²) < 4.78 is 45.4. The second kappa shape index (κ2) is 7.58. The zero-order chi connectivity index (χ0) is 17.8. The van der Waals surface area contributed by atoms with Gasteiger partial charge in [-0.15, -0.1) is 0 Å². The third kappa shape index (κ3) is 4.12. The molecule has 1 aromatic heterocycles. The molecular weight excluding hydrogens is 335 g/mol. The number of piperidine rings is 1. The Labute approximate surface area is 143 Å². The summed E-state index contributed by atoms with van der Waals surface area (Å²) in [6, 6.07) is 7.62. The minimum absolute atomic E-state index is 0.147. The fourth-order valence-electron chi connectivity index (χ4n) is 2.85. The number of carbonyl (C=O) groups excluding carboxylic acids is 1. The van der Waals surface area contributed by atoms with E-state index in [0.29, 0.717) is 25.9 Å². The molecule has 1 aliphatic heterocycles. The van der Waals surface area contributed by atoms with Crippen LogP contribution in [0, 0.1) is 5.82 Å². The van der Waals surface area contributed by atoms with E-state index in [9.17, 15) is 18.0 Å². The van der Waals surface area contributed by atoms with Crippen molar-refractivity contribution in [3.05, 3.63) is 48.0 Å². The molecule has 0 aliphatic carbocycles. The number of rotatable bonds is 5. The average Bonchev–Trinajstić information content (AvgIpc) is 3.04. The number of halogens is 3. The van der Waals surface area contributed by atoms with Gasteiger partial charge in [0.25, 0.3) is 12.3 Å². The lowest BCUT2D eigenvalue weighted by Gasteiger charge is -2.32. The molecule has 0 radical (unpaired) electrons. The monoisotopic (exact) mass is 353 g/mol. The van der Waals surface area contributed by atoms with Crippen molar-refractivity contribution in [2.24, 2.45) is 0 Å². The number of aromatic nitrogens is 2. The van der Waals surface area contributed by atoms with Gasteiger partial charge in [0.2, 0.25) is 0 Å². The molecule has 1 amide bonds. The molecule has 0 N–H and O–H groups in total. The van der Waals surface area contributed by atoms with Gasteiger partial charge in [-0.2, -0.15) is 5.10 Å². The van der Waals surface area contributed by atoms with Gasteiger partial charge < -0.3 is 9.64 Å². The van der Waals surface area contributed by atoms with Crippen LogP contribution in [0.5, 0.6) is 5.75 Å². The van der Waals surface area contributed by atoms with Gasteiger partial charge in [0.05, 0.1) is 0 Å². The topological polar surface area (TPSA) is 47.4 Å². The van der Waals surface area contributed by atoms with Crippen LogP contribution in [-0.4, -0.2) is 46.2 Å². The first kappa shape index (κ1) is 17.3. The van der Waals surface area contributed by atoms with Gasteiger partial charge in [0, 0.05) is 32.1 Å². The summed E-state index contributed by atoms with van der Waals surface area (Å²) in [5, 5.41) is 3.78. The quantitative estimate of drug-likeness (QED) is 0.830. The summed E-state index contributed by atoms with van der Waals surface area (Å²) in [6.07, 6.45) is -0.339. The van der Waals surface area contributed by atoms with Crippen LogP contribution in [-0.2, 0) is 6.54 Å². The van der Waals surface area contributed by atoms with E-state index in [0.717, 1.165) is 4.68 Å². The van der Waals surface area contributed by atoms with Gasteiger partial charge in [0.15, 0.2) is 11.6 Å². The van der Waals surface area contributed by atoms with Gasteiger partial charge in [-0.25, -0.2) is 13.2 Å². The highest BCUT2D eigenvalue weighted by Crippen LogP contribution is 2.22. The van der Waals surface area contributed by atoms with E-state index < -0.39 is 18.8 Å². The second-order valence-electron chi connectivity index (χ2n) is 5.83. The van der Waals surface area contributed by atoms with Crippen LogP contribution in [0.15, 0.2) is 36.5 Å². The number of likely N-dealkylation sites (tertiary alicyclic amines) is 1. The fourth-order valence-corrected chi connectivity index (χ4v) is 2.85. The van der Waals surface area contributed by atoms with Crippen LogP contribution < -0.4 is 4.74 Å². The molecule has 0 saturated carbocycles. The van der Waals surface area contributed by atoms with Gasteiger partial charge in [-0.05, 0) is 18.2 Å². The second-order valence-corrected chi connectivity index (χ2v) is 5.83. The molecule has 8 heteroatoms. The maximum atomic E-state index is 13.6. The number of nitrogens with zero attached hydrogens (tertiary/aromatic N) is 3. The van der Waals surface area contributed by atoms with Crippen LogP contribution in [0.25, 0.3) is 0 Å². The van der Waals surface area contributed by atoms with Crippen LogP contribution in [0.1, 0.15) is 23.3 Å². The van der Waals surface area contributed by atoms with Crippen molar-refractivity contribution < 1.29 is 22.7 Å². The summed E-state index contributed by atoms with van der Waals surface area (Å²) in [5.74, 6) is -0.554. The van der Waals surface area contributed by atoms with Crippen molar-refractivity contribution >= 4 is 5.91 Å². The summed E-state index contributed by atoms with van der Waals surface area (Å²) in [7, 11) is 0. The van der Waals surface area contributed by atoms with Crippen molar-refractivity contribution in [1.82, 2.24) is 14.7 Å². The third-order valence-electron chi connectivity index (χ3n) is 4.11. The lowest BCUT2D eigenvalue weighted by molar-refractivity contribution is 0.0569. The highest BCUT2D eigenvalue weighted by molar-refractivity contribution is 5.92. The number of carbonyl (C=O) groups is 1. The molecule has 2 aromatic rings. The van der Waals surface area contributed by atoms with Crippen molar-refractivity contribution in [2.45, 2.75) is 31.9 Å². The molecule has 134 valence electrons. The number of alkyl halides is 2. The van der Waals surface area contributed by atoms with Crippen molar-refractivity contribution in [1.29, 1.82) is 0 Å². The predicted molar refractivity (Wildman–Crippen MR) is 84.2 cm³/mol. The Kier molecular flexibility index (Phi) is 5.25. The van der Waals surface area contributed by atoms with E-state index >= 15 is 0 Å². The molecule has 0 bridgehead atoms. The molecule has 1 aromatic carbocycles. The number of hydrogen-bond acceptors (Lipinski definition) is 3. The molecule has 3 rings (SSSR count). The molecule has 2 heterocycles. The van der Waals surface area contributed by atoms with E-state index in [1.54, 1.807) is 23.1 Å². The molecule has 0 spiro atoms. The molecule has 25 heavy (non-hydrogen) atoms. The highest BCUT2D eigenvalue weighted by Gasteiger charge is 2.27. The Morgan fingerprint density at radius 1 is 1.24 bits per heavy atom. The van der Waals surface area contributed by atoms with E-state index in [2.05, 4.69) is 5.10 Å². The lowest BCUT2D eigenvalue weighted by Crippen LogP contribution is -2.42. The number of para-hydroxylation sites is 1. The van der Waals surface area contributed by atoms with Gasteiger partial charge >= 0.3 is 0 Å². The maximum Gasteiger partial charge on any atom is 0.272 e. The number of hydrogen-bond donors (Lipinski definition) is 0. The molecule has 1 saturated heterocycles. The Balaban J connectivity index is 1.58. The summed E-state index contributed by atoms with van der Waals surface area (Å²) in [4.78, 5) is 14.1. The van der Waals surface area contributed by atoms with E-state index in [1.165, 1.54) is 18.3 Å². The first-order valence-corrected chi connectivity index (χ1v) is 8.05. The molecule has 5 nitrogen and oxygen atoms in total. The molecule has 0 atom stereocenters. The normalized spacial score (nSPS) is 15.6. The minimum atomic E-state index is -2.58. The molecule has 1 fully saturated rings. The average molecular weight is 353 g/mol. The molecular formula is C17H18F3N3O2. The Morgan fingerprint density at radius 2 is 1.96 bits per heavy atom. The third-order valence-corrected chi connectivity index (χ3v) is 4.11. The maximum absolute atomic E-state index is 13.6. The highest BCUT2D eigenvalue weighted by atomic mass is 19.3.